The molecule has 5 heterocycles. The minimum Gasteiger partial charge on any atom is -0.497 e. The van der Waals surface area contributed by atoms with E-state index in [1.165, 1.54) is 17.0 Å². The van der Waals surface area contributed by atoms with Crippen LogP contribution in [0.2, 0.25) is 0 Å². The van der Waals surface area contributed by atoms with Crippen molar-refractivity contribution in [3.05, 3.63) is 149 Å². The average Bonchev–Trinajstić information content (AvgIpc) is 4.19. The Kier molecular flexibility index (Phi) is 12.2. The normalized spacial score (nSPS) is 24.0. The van der Waals surface area contributed by atoms with Gasteiger partial charge >= 0.3 is 0 Å². The molecule has 3 aliphatic heterocycles. The second-order valence-electron chi connectivity index (χ2n) is 20.1. The minimum atomic E-state index is -0.449. The van der Waals surface area contributed by atoms with Crippen LogP contribution in [0.3, 0.4) is 0 Å². The predicted octanol–water partition coefficient (Wildman–Crippen LogP) is 13.4. The monoisotopic (exact) mass is 892 g/mol. The number of imidazole rings is 1. The van der Waals surface area contributed by atoms with Gasteiger partial charge in [0.25, 0.3) is 0 Å². The number of fused-ring (bicyclic) bond motifs is 2. The number of likely N-dealkylation sites (tertiary alicyclic amines) is 2. The Bertz CT molecular complexity index is 2710. The molecule has 6 aromatic rings. The van der Waals surface area contributed by atoms with Crippen LogP contribution in [0.25, 0.3) is 21.9 Å². The Morgan fingerprint density at radius 1 is 0.712 bits per heavy atom. The summed E-state index contributed by atoms with van der Waals surface area (Å²) in [6, 6.07) is 27.1. The predicted molar refractivity (Wildman–Crippen MR) is 264 cm³/mol. The summed E-state index contributed by atoms with van der Waals surface area (Å²) in [7, 11) is 1.67. The van der Waals surface area contributed by atoms with Crippen molar-refractivity contribution in [2.45, 2.75) is 121 Å². The van der Waals surface area contributed by atoms with E-state index in [4.69, 9.17) is 15.5 Å². The highest BCUT2D eigenvalue weighted by Gasteiger charge is 2.39. The molecule has 0 bridgehead atoms. The fourth-order valence-electron chi connectivity index (χ4n) is 12.1. The van der Waals surface area contributed by atoms with Crippen molar-refractivity contribution in [3.8, 4) is 5.75 Å². The lowest BCUT2D eigenvalue weighted by molar-refractivity contribution is 0.263. The van der Waals surface area contributed by atoms with E-state index < -0.39 is 11.6 Å². The molecule has 4 N–H and O–H groups in total. The molecular formula is C56H67F2N7O. The molecule has 2 aromatic heterocycles. The molecule has 0 amide bonds. The maximum atomic E-state index is 16.8. The standard InChI is InChI=1S/C56H67F2N7O/c1-33(2)35(4)36(5)64-26-8-10-54(64)56-61-47-22-19-42(29-49(47)62-56)52-24-23-51(41-16-15-40-27-50(60-48(40)28-41)53-9-7-25-63(53)34(3)32-59)65(52)43-30-45(57)55(46(58)31-43)39-13-11-37(12-14-39)38-17-20-44(66-6)21-18-38/h15-22,27-31,33,35,37,39,51-54,60H,3,5,7-14,23-26,32,59H2,1-2,4,6H3,(H,61,62)/t35-,37?,39?,51+,52+,53-,54-/m0/s1. The Hall–Kier alpha value is -5.61. The van der Waals surface area contributed by atoms with Gasteiger partial charge in [0.05, 0.1) is 42.3 Å². The Labute approximate surface area is 389 Å². The number of ether oxygens (including phenoxy) is 1. The summed E-state index contributed by atoms with van der Waals surface area (Å²) in [5.41, 5.74) is 16.6. The van der Waals surface area contributed by atoms with Gasteiger partial charge in [0.15, 0.2) is 0 Å². The van der Waals surface area contributed by atoms with Crippen LogP contribution in [0.15, 0.2) is 103 Å². The van der Waals surface area contributed by atoms with Gasteiger partial charge in [0.1, 0.15) is 23.2 Å². The van der Waals surface area contributed by atoms with Gasteiger partial charge in [-0.25, -0.2) is 13.8 Å². The third-order valence-corrected chi connectivity index (χ3v) is 16.1. The number of H-pyrrole nitrogens is 2. The van der Waals surface area contributed by atoms with Gasteiger partial charge in [-0.15, -0.1) is 0 Å². The SMILES string of the molecule is C=C(CN)N1CCC[C@H]1c1cc2ccc([C@H]3CC[C@H](c4ccc5nc([C@@H]6CCCN6C(=C)[C@@H](C)C(C)C)[nH]c5c4)N3c3cc(F)c(C4CCC(c5ccc(OC)cc5)CC4)c(F)c3)cc2[nH]1. The summed E-state index contributed by atoms with van der Waals surface area (Å²) >= 11 is 0. The zero-order valence-corrected chi connectivity index (χ0v) is 39.3. The molecule has 0 radical (unpaired) electrons. The molecule has 66 heavy (non-hydrogen) atoms. The van der Waals surface area contributed by atoms with Crippen LogP contribution in [0.1, 0.15) is 155 Å². The maximum Gasteiger partial charge on any atom is 0.131 e. The molecule has 3 saturated heterocycles. The number of aromatic amines is 2. The van der Waals surface area contributed by atoms with Gasteiger partial charge in [-0.1, -0.05) is 64.3 Å². The highest BCUT2D eigenvalue weighted by molar-refractivity contribution is 5.82. The lowest BCUT2D eigenvalue weighted by atomic mass is 9.76. The summed E-state index contributed by atoms with van der Waals surface area (Å²) in [6.07, 6.45) is 9.19. The zero-order chi connectivity index (χ0) is 45.8. The Morgan fingerprint density at radius 2 is 1.33 bits per heavy atom. The van der Waals surface area contributed by atoms with E-state index >= 15 is 8.78 Å². The van der Waals surface area contributed by atoms with E-state index in [-0.39, 0.29) is 35.6 Å². The van der Waals surface area contributed by atoms with Crippen LogP contribution in [0.4, 0.5) is 14.5 Å². The van der Waals surface area contributed by atoms with Gasteiger partial charge in [-0.3, -0.25) is 0 Å². The number of halogens is 2. The number of methoxy groups -OCH3 is 1. The van der Waals surface area contributed by atoms with E-state index in [1.54, 1.807) is 19.2 Å². The van der Waals surface area contributed by atoms with Crippen molar-refractivity contribution in [2.75, 3.05) is 31.6 Å². The number of anilines is 1. The highest BCUT2D eigenvalue weighted by atomic mass is 19.1. The summed E-state index contributed by atoms with van der Waals surface area (Å²) in [6.45, 7) is 18.0. The smallest absolute Gasteiger partial charge is 0.131 e. The number of aromatic nitrogens is 3. The molecule has 0 spiro atoms. The Morgan fingerprint density at radius 3 is 2.00 bits per heavy atom. The number of nitrogens with two attached hydrogens (primary N) is 1. The number of allylic oxidation sites excluding steroid dienone is 1. The van der Waals surface area contributed by atoms with Crippen LogP contribution < -0.4 is 15.4 Å². The van der Waals surface area contributed by atoms with E-state index in [0.717, 1.165) is 128 Å². The number of benzene rings is 4. The van der Waals surface area contributed by atoms with E-state index in [2.05, 4.69) is 113 Å². The van der Waals surface area contributed by atoms with Crippen molar-refractivity contribution < 1.29 is 13.5 Å². The summed E-state index contributed by atoms with van der Waals surface area (Å²) in [5.74, 6) is 2.00. The van der Waals surface area contributed by atoms with Crippen molar-refractivity contribution in [1.82, 2.24) is 24.8 Å². The quantitative estimate of drug-likeness (QED) is 0.107. The van der Waals surface area contributed by atoms with Gasteiger partial charge < -0.3 is 35.1 Å². The second-order valence-corrected chi connectivity index (χ2v) is 20.1. The molecule has 1 saturated carbocycles. The first-order chi connectivity index (χ1) is 32.0. The largest absolute Gasteiger partial charge is 0.497 e. The molecule has 0 unspecified atom stereocenters. The lowest BCUT2D eigenvalue weighted by Gasteiger charge is -2.34. The number of nitrogens with zero attached hydrogens (tertiary/aromatic N) is 4. The molecule has 4 aromatic carbocycles. The van der Waals surface area contributed by atoms with E-state index in [1.807, 2.05) is 12.1 Å². The van der Waals surface area contributed by atoms with Crippen LogP contribution in [0, 0.1) is 23.5 Å². The number of hydrogen-bond donors (Lipinski definition) is 3. The Balaban J connectivity index is 0.973. The molecule has 4 fully saturated rings. The van der Waals surface area contributed by atoms with Gasteiger partial charge in [-0.05, 0) is 158 Å². The van der Waals surface area contributed by atoms with Crippen molar-refractivity contribution >= 4 is 27.6 Å². The average molecular weight is 892 g/mol. The fraction of sp³-hybridized carbons (Fsp3) is 0.446. The van der Waals surface area contributed by atoms with Gasteiger partial charge in [0, 0.05) is 53.5 Å². The second kappa shape index (κ2) is 18.2. The molecule has 10 rings (SSSR count). The molecular weight excluding hydrogens is 825 g/mol. The molecule has 5 atom stereocenters. The molecule has 1 aliphatic carbocycles. The lowest BCUT2D eigenvalue weighted by Crippen LogP contribution is -2.28. The van der Waals surface area contributed by atoms with Crippen molar-refractivity contribution in [2.24, 2.45) is 17.6 Å². The number of nitrogens with one attached hydrogen (secondary N) is 2. The summed E-state index contributed by atoms with van der Waals surface area (Å²) in [5, 5.41) is 1.15. The third kappa shape index (κ3) is 8.17. The summed E-state index contributed by atoms with van der Waals surface area (Å²) in [4.78, 5) is 19.7. The minimum absolute atomic E-state index is 0.107. The van der Waals surface area contributed by atoms with Crippen LogP contribution in [0.5, 0.6) is 5.75 Å². The third-order valence-electron chi connectivity index (χ3n) is 16.1. The van der Waals surface area contributed by atoms with E-state index in [9.17, 15) is 0 Å². The first-order valence-electron chi connectivity index (χ1n) is 24.6. The molecule has 4 aliphatic rings. The molecule has 8 nitrogen and oxygen atoms in total. The van der Waals surface area contributed by atoms with Gasteiger partial charge in [-0.2, -0.15) is 0 Å². The van der Waals surface area contributed by atoms with Crippen LogP contribution in [-0.4, -0.2) is 51.5 Å². The highest BCUT2D eigenvalue weighted by Crippen LogP contribution is 2.50. The van der Waals surface area contributed by atoms with Crippen LogP contribution >= 0.6 is 0 Å². The number of rotatable bonds is 13. The fourth-order valence-corrected chi connectivity index (χ4v) is 12.1. The summed E-state index contributed by atoms with van der Waals surface area (Å²) < 4.78 is 39.0. The number of hydrogen-bond acceptors (Lipinski definition) is 6. The van der Waals surface area contributed by atoms with Crippen molar-refractivity contribution in [3.63, 3.8) is 0 Å². The maximum absolute atomic E-state index is 16.8. The van der Waals surface area contributed by atoms with Crippen molar-refractivity contribution in [1.29, 1.82) is 0 Å². The molecule has 346 valence electrons. The van der Waals surface area contributed by atoms with Crippen LogP contribution in [-0.2, 0) is 0 Å². The molecule has 10 heteroatoms. The topological polar surface area (TPSA) is 89.4 Å². The zero-order valence-electron chi connectivity index (χ0n) is 39.3. The first kappa shape index (κ1) is 44.2. The first-order valence-corrected chi connectivity index (χ1v) is 24.6. The van der Waals surface area contributed by atoms with E-state index in [0.29, 0.717) is 30.0 Å². The van der Waals surface area contributed by atoms with Gasteiger partial charge in [0.2, 0.25) is 0 Å².